The monoisotopic (exact) mass is 369 g/mol. The van der Waals surface area contributed by atoms with Crippen molar-refractivity contribution in [1.29, 1.82) is 0 Å². The lowest BCUT2D eigenvalue weighted by atomic mass is 10.1. The quantitative estimate of drug-likeness (QED) is 0.725. The van der Waals surface area contributed by atoms with E-state index in [0.29, 0.717) is 22.9 Å². The van der Waals surface area contributed by atoms with Gasteiger partial charge in [0.25, 0.3) is 5.91 Å². The molecule has 1 atom stereocenters. The van der Waals surface area contributed by atoms with Gasteiger partial charge in [0.05, 0.1) is 17.3 Å². The fourth-order valence-electron chi connectivity index (χ4n) is 2.88. The standard InChI is InChI=1S/C20H16ClNO4/c21-16-8-4-7-15-17(12-26-19(15)16)22-20(23)18-13(9-10-24-18)11-25-14-5-2-1-3-6-14/h1-10,17H,11-12H2,(H,22,23). The SMILES string of the molecule is O=C(NC1COc2c(Cl)cccc21)c1occc1COc1ccccc1. The molecule has 0 fully saturated rings. The number of hydrogen-bond acceptors (Lipinski definition) is 4. The summed E-state index contributed by atoms with van der Waals surface area (Å²) in [6, 6.07) is 16.3. The van der Waals surface area contributed by atoms with E-state index in [4.69, 9.17) is 25.5 Å². The summed E-state index contributed by atoms with van der Waals surface area (Å²) in [4.78, 5) is 12.6. The number of furan rings is 1. The van der Waals surface area contributed by atoms with E-state index in [-0.39, 0.29) is 24.3 Å². The number of halogens is 1. The Kier molecular flexibility index (Phi) is 4.54. The van der Waals surface area contributed by atoms with Gasteiger partial charge in [-0.25, -0.2) is 0 Å². The second-order valence-corrected chi connectivity index (χ2v) is 6.28. The highest BCUT2D eigenvalue weighted by atomic mass is 35.5. The van der Waals surface area contributed by atoms with Crippen molar-refractivity contribution in [2.75, 3.05) is 6.61 Å². The smallest absolute Gasteiger partial charge is 0.288 e. The minimum absolute atomic E-state index is 0.233. The van der Waals surface area contributed by atoms with Crippen LogP contribution < -0.4 is 14.8 Å². The van der Waals surface area contributed by atoms with Crippen LogP contribution in [0, 0.1) is 0 Å². The maximum atomic E-state index is 12.6. The normalized spacial score (nSPS) is 15.2. The summed E-state index contributed by atoms with van der Waals surface area (Å²) in [6.45, 7) is 0.578. The minimum atomic E-state index is -0.317. The summed E-state index contributed by atoms with van der Waals surface area (Å²) < 4.78 is 16.7. The molecular weight excluding hydrogens is 354 g/mol. The fourth-order valence-corrected chi connectivity index (χ4v) is 3.11. The van der Waals surface area contributed by atoms with Crippen molar-refractivity contribution in [3.05, 3.63) is 82.8 Å². The molecule has 2 heterocycles. The molecule has 6 heteroatoms. The maximum Gasteiger partial charge on any atom is 0.288 e. The van der Waals surface area contributed by atoms with Gasteiger partial charge in [0.15, 0.2) is 5.76 Å². The Bertz CT molecular complexity index is 923. The van der Waals surface area contributed by atoms with Crippen molar-refractivity contribution in [1.82, 2.24) is 5.32 Å². The van der Waals surface area contributed by atoms with E-state index in [1.807, 2.05) is 42.5 Å². The van der Waals surface area contributed by atoms with Gasteiger partial charge in [-0.3, -0.25) is 4.79 Å². The Balaban J connectivity index is 1.45. The van der Waals surface area contributed by atoms with E-state index in [2.05, 4.69) is 5.32 Å². The number of benzene rings is 2. The zero-order valence-corrected chi connectivity index (χ0v) is 14.5. The molecule has 1 aliphatic rings. The third-order valence-electron chi connectivity index (χ3n) is 4.16. The van der Waals surface area contributed by atoms with E-state index < -0.39 is 0 Å². The number of para-hydroxylation sites is 2. The number of ether oxygens (including phenoxy) is 2. The molecule has 0 saturated heterocycles. The number of rotatable bonds is 5. The van der Waals surface area contributed by atoms with Gasteiger partial charge < -0.3 is 19.2 Å². The number of amides is 1. The van der Waals surface area contributed by atoms with Gasteiger partial charge in [-0.05, 0) is 24.3 Å². The predicted octanol–water partition coefficient (Wildman–Crippen LogP) is 4.38. The summed E-state index contributed by atoms with van der Waals surface area (Å²) in [5.74, 6) is 1.26. The predicted molar refractivity (Wildman–Crippen MR) is 96.6 cm³/mol. The molecule has 1 aromatic heterocycles. The molecule has 1 amide bonds. The van der Waals surface area contributed by atoms with Gasteiger partial charge in [-0.15, -0.1) is 0 Å². The molecule has 4 rings (SSSR count). The molecule has 3 aromatic rings. The van der Waals surface area contributed by atoms with E-state index in [1.165, 1.54) is 6.26 Å². The van der Waals surface area contributed by atoms with Crippen LogP contribution in [0.4, 0.5) is 0 Å². The maximum absolute atomic E-state index is 12.6. The van der Waals surface area contributed by atoms with Gasteiger partial charge in [0, 0.05) is 11.1 Å². The summed E-state index contributed by atoms with van der Waals surface area (Å²) in [7, 11) is 0. The highest BCUT2D eigenvalue weighted by Gasteiger charge is 2.29. The summed E-state index contributed by atoms with van der Waals surface area (Å²) in [5.41, 5.74) is 1.54. The van der Waals surface area contributed by atoms with E-state index >= 15 is 0 Å². The summed E-state index contributed by atoms with van der Waals surface area (Å²) in [6.07, 6.45) is 1.48. The number of fused-ring (bicyclic) bond motifs is 1. The van der Waals surface area contributed by atoms with Crippen LogP contribution in [0.1, 0.15) is 27.7 Å². The molecule has 0 saturated carbocycles. The molecule has 26 heavy (non-hydrogen) atoms. The van der Waals surface area contributed by atoms with Gasteiger partial charge >= 0.3 is 0 Å². The van der Waals surface area contributed by atoms with Crippen LogP contribution in [0.3, 0.4) is 0 Å². The third kappa shape index (κ3) is 3.26. The molecule has 0 aliphatic carbocycles. The van der Waals surface area contributed by atoms with Crippen LogP contribution in [0.15, 0.2) is 65.3 Å². The Morgan fingerprint density at radius 2 is 2.00 bits per heavy atom. The molecule has 0 bridgehead atoms. The molecule has 1 aliphatic heterocycles. The van der Waals surface area contributed by atoms with Crippen LogP contribution >= 0.6 is 11.6 Å². The first kappa shape index (κ1) is 16.5. The Morgan fingerprint density at radius 1 is 1.15 bits per heavy atom. The lowest BCUT2D eigenvalue weighted by molar-refractivity contribution is 0.0898. The van der Waals surface area contributed by atoms with E-state index in [0.717, 1.165) is 11.3 Å². The molecule has 2 aromatic carbocycles. The average molecular weight is 370 g/mol. The molecule has 0 spiro atoms. The zero-order valence-electron chi connectivity index (χ0n) is 13.8. The Hall–Kier alpha value is -2.92. The topological polar surface area (TPSA) is 60.7 Å². The minimum Gasteiger partial charge on any atom is -0.489 e. The van der Waals surface area contributed by atoms with Gasteiger partial charge in [0.2, 0.25) is 0 Å². The van der Waals surface area contributed by atoms with E-state index in [1.54, 1.807) is 12.1 Å². The van der Waals surface area contributed by atoms with Crippen LogP contribution in [0.25, 0.3) is 0 Å². The van der Waals surface area contributed by atoms with Gasteiger partial charge in [-0.2, -0.15) is 0 Å². The van der Waals surface area contributed by atoms with Crippen LogP contribution in [-0.2, 0) is 6.61 Å². The molecule has 1 unspecified atom stereocenters. The summed E-state index contributed by atoms with van der Waals surface area (Å²) in [5, 5.41) is 3.47. The van der Waals surface area contributed by atoms with Crippen molar-refractivity contribution in [3.8, 4) is 11.5 Å². The first-order valence-electron chi connectivity index (χ1n) is 8.18. The van der Waals surface area contributed by atoms with Crippen molar-refractivity contribution in [2.24, 2.45) is 0 Å². The lowest BCUT2D eigenvalue weighted by Gasteiger charge is -2.12. The van der Waals surface area contributed by atoms with Crippen LogP contribution in [0.2, 0.25) is 5.02 Å². The molecule has 5 nitrogen and oxygen atoms in total. The first-order valence-corrected chi connectivity index (χ1v) is 8.56. The average Bonchev–Trinajstić information content (AvgIpc) is 3.29. The number of carbonyl (C=O) groups excluding carboxylic acids is 1. The molecule has 132 valence electrons. The van der Waals surface area contributed by atoms with Crippen molar-refractivity contribution in [2.45, 2.75) is 12.6 Å². The van der Waals surface area contributed by atoms with E-state index in [9.17, 15) is 4.79 Å². The number of nitrogens with one attached hydrogen (secondary N) is 1. The van der Waals surface area contributed by atoms with Crippen LogP contribution in [0.5, 0.6) is 11.5 Å². The second-order valence-electron chi connectivity index (χ2n) is 5.87. The Labute approximate surface area is 155 Å². The highest BCUT2D eigenvalue weighted by molar-refractivity contribution is 6.32. The number of carbonyl (C=O) groups is 1. The Morgan fingerprint density at radius 3 is 2.85 bits per heavy atom. The molecular formula is C20H16ClNO4. The second kappa shape index (κ2) is 7.14. The largest absolute Gasteiger partial charge is 0.489 e. The summed E-state index contributed by atoms with van der Waals surface area (Å²) >= 11 is 6.12. The zero-order chi connectivity index (χ0) is 17.9. The lowest BCUT2D eigenvalue weighted by Crippen LogP contribution is -2.29. The number of hydrogen-bond donors (Lipinski definition) is 1. The van der Waals surface area contributed by atoms with Gasteiger partial charge in [0.1, 0.15) is 24.7 Å². The van der Waals surface area contributed by atoms with Gasteiger partial charge in [-0.1, -0.05) is 41.9 Å². The van der Waals surface area contributed by atoms with Crippen molar-refractivity contribution < 1.29 is 18.7 Å². The highest BCUT2D eigenvalue weighted by Crippen LogP contribution is 2.38. The van der Waals surface area contributed by atoms with Crippen molar-refractivity contribution in [3.63, 3.8) is 0 Å². The first-order chi connectivity index (χ1) is 12.7. The third-order valence-corrected chi connectivity index (χ3v) is 4.46. The molecule has 0 radical (unpaired) electrons. The van der Waals surface area contributed by atoms with Crippen molar-refractivity contribution >= 4 is 17.5 Å². The fraction of sp³-hybridized carbons (Fsp3) is 0.150. The van der Waals surface area contributed by atoms with Crippen LogP contribution in [-0.4, -0.2) is 12.5 Å². The molecule has 1 N–H and O–H groups in total.